The van der Waals surface area contributed by atoms with Gasteiger partial charge in [-0.15, -0.1) is 0 Å². The van der Waals surface area contributed by atoms with Crippen LogP contribution in [0.15, 0.2) is 97.1 Å². The zero-order chi connectivity index (χ0) is 40.4. The molecule has 4 heteroatoms. The first kappa shape index (κ1) is 42.9. The zero-order valence-electron chi connectivity index (χ0n) is 36.0. The lowest BCUT2D eigenvalue weighted by atomic mass is 9.84. The van der Waals surface area contributed by atoms with Crippen molar-refractivity contribution in [3.63, 3.8) is 0 Å². The molecule has 0 atom stereocenters. The number of fused-ring (bicyclic) bond motifs is 3. The minimum absolute atomic E-state index is 0.683. The Kier molecular flexibility index (Phi) is 17.0. The van der Waals surface area contributed by atoms with Crippen LogP contribution in [0.3, 0.4) is 0 Å². The van der Waals surface area contributed by atoms with Gasteiger partial charge < -0.3 is 18.9 Å². The van der Waals surface area contributed by atoms with E-state index >= 15 is 0 Å². The molecule has 6 aromatic rings. The van der Waals surface area contributed by atoms with E-state index in [2.05, 4.69) is 125 Å². The molecular formula is C54H68O4. The third-order valence-electron chi connectivity index (χ3n) is 11.4. The molecule has 0 aromatic heterocycles. The average molecular weight is 781 g/mol. The molecule has 0 spiro atoms. The Bertz CT molecular complexity index is 2010. The summed E-state index contributed by atoms with van der Waals surface area (Å²) < 4.78 is 26.0. The standard InChI is InChI=1S/C54H68O4/c1-5-9-13-21-33-55-49-31-29-43(39-51(49)57-35-23-15-11-7-3)53-45-27-19-20-28-46(45)54(48-38-42-26-18-17-25-41(42)37-47(48)53)44-30-32-50(56-34-22-14-10-6-2)52(40-44)58-36-24-16-12-8-4/h17-20,25-32,37-40H,5-16,21-24,33-36H2,1-4H3. The molecule has 0 unspecified atom stereocenters. The maximum Gasteiger partial charge on any atom is 0.161 e. The first-order valence-corrected chi connectivity index (χ1v) is 22.8. The molecule has 0 heterocycles. The maximum atomic E-state index is 6.59. The van der Waals surface area contributed by atoms with Gasteiger partial charge in [-0.3, -0.25) is 0 Å². The molecule has 308 valence electrons. The summed E-state index contributed by atoms with van der Waals surface area (Å²) in [5.74, 6) is 3.33. The molecule has 58 heavy (non-hydrogen) atoms. The largest absolute Gasteiger partial charge is 0.490 e. The Hall–Kier alpha value is -4.70. The lowest BCUT2D eigenvalue weighted by Crippen LogP contribution is -2.03. The van der Waals surface area contributed by atoms with Crippen molar-refractivity contribution in [1.29, 1.82) is 0 Å². The van der Waals surface area contributed by atoms with Crippen LogP contribution in [-0.2, 0) is 0 Å². The van der Waals surface area contributed by atoms with Crippen molar-refractivity contribution < 1.29 is 18.9 Å². The summed E-state index contributed by atoms with van der Waals surface area (Å²) in [5, 5.41) is 7.29. The maximum absolute atomic E-state index is 6.59. The SMILES string of the molecule is CCCCCCOc1ccc(-c2c3ccccc3c(-c3ccc(OCCCCCC)c(OCCCCCC)c3)c3cc4ccccc4cc23)cc1OCCCCCC. The highest BCUT2D eigenvalue weighted by atomic mass is 16.5. The minimum atomic E-state index is 0.683. The second-order valence-corrected chi connectivity index (χ2v) is 16.0. The minimum Gasteiger partial charge on any atom is -0.490 e. The van der Waals surface area contributed by atoms with Crippen LogP contribution in [0, 0.1) is 0 Å². The fourth-order valence-corrected chi connectivity index (χ4v) is 8.12. The predicted octanol–water partition coefficient (Wildman–Crippen LogP) is 16.3. The quantitative estimate of drug-likeness (QED) is 0.0406. The number of hydrogen-bond acceptors (Lipinski definition) is 4. The molecule has 0 aliphatic heterocycles. The van der Waals surface area contributed by atoms with E-state index in [4.69, 9.17) is 18.9 Å². The first-order valence-electron chi connectivity index (χ1n) is 22.8. The van der Waals surface area contributed by atoms with Crippen LogP contribution in [0.1, 0.15) is 130 Å². The average Bonchev–Trinajstić information content (AvgIpc) is 3.25. The lowest BCUT2D eigenvalue weighted by Gasteiger charge is -2.21. The second-order valence-electron chi connectivity index (χ2n) is 16.0. The van der Waals surface area contributed by atoms with Crippen molar-refractivity contribution in [2.24, 2.45) is 0 Å². The van der Waals surface area contributed by atoms with Gasteiger partial charge in [-0.25, -0.2) is 0 Å². The van der Waals surface area contributed by atoms with E-state index < -0.39 is 0 Å². The molecule has 4 nitrogen and oxygen atoms in total. The molecule has 6 aromatic carbocycles. The van der Waals surface area contributed by atoms with Gasteiger partial charge in [-0.2, -0.15) is 0 Å². The highest BCUT2D eigenvalue weighted by Gasteiger charge is 2.20. The van der Waals surface area contributed by atoms with E-state index in [-0.39, 0.29) is 0 Å². The monoisotopic (exact) mass is 781 g/mol. The van der Waals surface area contributed by atoms with Gasteiger partial charge in [0.15, 0.2) is 23.0 Å². The molecule has 0 saturated heterocycles. The molecule has 6 rings (SSSR count). The summed E-state index contributed by atoms with van der Waals surface area (Å²) in [4.78, 5) is 0. The highest BCUT2D eigenvalue weighted by molar-refractivity contribution is 6.23. The molecule has 0 fully saturated rings. The molecule has 0 saturated carbocycles. The summed E-state index contributed by atoms with van der Waals surface area (Å²) in [6.07, 6.45) is 18.6. The van der Waals surface area contributed by atoms with E-state index in [1.807, 2.05) is 0 Å². The summed E-state index contributed by atoms with van der Waals surface area (Å²) in [6.45, 7) is 11.8. The summed E-state index contributed by atoms with van der Waals surface area (Å²) in [5.41, 5.74) is 4.69. The summed E-state index contributed by atoms with van der Waals surface area (Å²) in [6, 6.07) is 35.6. The van der Waals surface area contributed by atoms with E-state index in [0.717, 1.165) is 59.8 Å². The molecule has 0 bridgehead atoms. The Morgan fingerprint density at radius 2 is 0.655 bits per heavy atom. The van der Waals surface area contributed by atoms with Gasteiger partial charge in [-0.1, -0.05) is 165 Å². The molecule has 0 radical (unpaired) electrons. The molecule has 0 N–H and O–H groups in total. The summed E-state index contributed by atoms with van der Waals surface area (Å²) >= 11 is 0. The van der Waals surface area contributed by atoms with Gasteiger partial charge in [0, 0.05) is 0 Å². The smallest absolute Gasteiger partial charge is 0.161 e. The molecular weight excluding hydrogens is 713 g/mol. The lowest BCUT2D eigenvalue weighted by molar-refractivity contribution is 0.259. The Morgan fingerprint density at radius 3 is 1.02 bits per heavy atom. The van der Waals surface area contributed by atoms with Crippen LogP contribution in [0.5, 0.6) is 23.0 Å². The molecule has 0 aliphatic carbocycles. The van der Waals surface area contributed by atoms with Crippen LogP contribution in [0.25, 0.3) is 54.6 Å². The van der Waals surface area contributed by atoms with Gasteiger partial charge in [0.1, 0.15) is 0 Å². The Balaban J connectivity index is 1.48. The second kappa shape index (κ2) is 23.0. The van der Waals surface area contributed by atoms with Crippen LogP contribution in [0.2, 0.25) is 0 Å². The van der Waals surface area contributed by atoms with Crippen molar-refractivity contribution in [2.45, 2.75) is 130 Å². The fraction of sp³-hybridized carbons (Fsp3) is 0.444. The molecule has 0 aliphatic rings. The van der Waals surface area contributed by atoms with E-state index in [1.165, 1.54) is 120 Å². The topological polar surface area (TPSA) is 36.9 Å². The normalized spacial score (nSPS) is 11.4. The van der Waals surface area contributed by atoms with Crippen molar-refractivity contribution in [3.05, 3.63) is 97.1 Å². The third-order valence-corrected chi connectivity index (χ3v) is 11.4. The first-order chi connectivity index (χ1) is 28.7. The van der Waals surface area contributed by atoms with Crippen LogP contribution in [-0.4, -0.2) is 26.4 Å². The van der Waals surface area contributed by atoms with Crippen molar-refractivity contribution in [3.8, 4) is 45.3 Å². The Morgan fingerprint density at radius 1 is 0.310 bits per heavy atom. The Labute approximate surface area is 349 Å². The van der Waals surface area contributed by atoms with Gasteiger partial charge in [0.05, 0.1) is 26.4 Å². The van der Waals surface area contributed by atoms with E-state index in [0.29, 0.717) is 26.4 Å². The highest BCUT2D eigenvalue weighted by Crippen LogP contribution is 2.47. The van der Waals surface area contributed by atoms with Crippen LogP contribution >= 0.6 is 0 Å². The van der Waals surface area contributed by atoms with Gasteiger partial charge in [0.2, 0.25) is 0 Å². The summed E-state index contributed by atoms with van der Waals surface area (Å²) in [7, 11) is 0. The van der Waals surface area contributed by atoms with Crippen LogP contribution < -0.4 is 18.9 Å². The van der Waals surface area contributed by atoms with Crippen molar-refractivity contribution in [2.75, 3.05) is 26.4 Å². The number of ether oxygens (including phenoxy) is 4. The van der Waals surface area contributed by atoms with Gasteiger partial charge in [0.25, 0.3) is 0 Å². The number of rotatable bonds is 26. The zero-order valence-corrected chi connectivity index (χ0v) is 36.0. The van der Waals surface area contributed by atoms with E-state index in [9.17, 15) is 0 Å². The molecule has 0 amide bonds. The number of benzene rings is 6. The van der Waals surface area contributed by atoms with E-state index in [1.54, 1.807) is 0 Å². The predicted molar refractivity (Wildman–Crippen MR) is 248 cm³/mol. The van der Waals surface area contributed by atoms with Crippen LogP contribution in [0.4, 0.5) is 0 Å². The van der Waals surface area contributed by atoms with Gasteiger partial charge >= 0.3 is 0 Å². The van der Waals surface area contributed by atoms with Gasteiger partial charge in [-0.05, 0) is 117 Å². The van der Waals surface area contributed by atoms with Crippen molar-refractivity contribution >= 4 is 32.3 Å². The number of hydrogen-bond donors (Lipinski definition) is 0. The number of unbranched alkanes of at least 4 members (excludes halogenated alkanes) is 12. The van der Waals surface area contributed by atoms with Crippen molar-refractivity contribution in [1.82, 2.24) is 0 Å². The third kappa shape index (κ3) is 11.3. The fourth-order valence-electron chi connectivity index (χ4n) is 8.12.